The van der Waals surface area contributed by atoms with Gasteiger partial charge in [-0.3, -0.25) is 10.1 Å². The van der Waals surface area contributed by atoms with E-state index in [1.165, 1.54) is 11.6 Å². The first-order valence-electron chi connectivity index (χ1n) is 7.16. The molecule has 1 aromatic carbocycles. The van der Waals surface area contributed by atoms with Gasteiger partial charge in [0.2, 0.25) is 5.91 Å². The number of aryl methyl sites for hydroxylation is 1. The van der Waals surface area contributed by atoms with Crippen LogP contribution in [-0.2, 0) is 11.2 Å². The van der Waals surface area contributed by atoms with Crippen LogP contribution < -0.4 is 10.2 Å². The van der Waals surface area contributed by atoms with Crippen molar-refractivity contribution in [2.75, 3.05) is 11.4 Å². The van der Waals surface area contributed by atoms with Crippen LogP contribution in [0.15, 0.2) is 47.9 Å². The van der Waals surface area contributed by atoms with E-state index in [2.05, 4.69) is 17.4 Å². The molecule has 0 radical (unpaired) electrons. The number of benzene rings is 1. The van der Waals surface area contributed by atoms with Crippen molar-refractivity contribution in [3.63, 3.8) is 0 Å². The largest absolute Gasteiger partial charge is 0.318 e. The summed E-state index contributed by atoms with van der Waals surface area (Å²) in [5, 5.41) is 5.23. The van der Waals surface area contributed by atoms with Gasteiger partial charge in [-0.25, -0.2) is 0 Å². The average Bonchev–Trinajstić information content (AvgIpc) is 3.06. The Morgan fingerprint density at radius 3 is 2.95 bits per heavy atom. The van der Waals surface area contributed by atoms with Crippen LogP contribution in [0.25, 0.3) is 6.08 Å². The zero-order valence-corrected chi connectivity index (χ0v) is 13.6. The third kappa shape index (κ3) is 3.43. The molecule has 112 valence electrons. The maximum absolute atomic E-state index is 12.0. The van der Waals surface area contributed by atoms with Gasteiger partial charge in [0.1, 0.15) is 0 Å². The highest BCUT2D eigenvalue weighted by Crippen LogP contribution is 2.26. The van der Waals surface area contributed by atoms with Crippen LogP contribution in [0.5, 0.6) is 0 Å². The molecule has 2 aromatic rings. The molecule has 5 heteroatoms. The number of carbonyl (C=O) groups excluding carboxylic acids is 1. The highest BCUT2D eigenvalue weighted by molar-refractivity contribution is 7.80. The van der Waals surface area contributed by atoms with Gasteiger partial charge in [0, 0.05) is 23.2 Å². The minimum atomic E-state index is -0.193. The van der Waals surface area contributed by atoms with Gasteiger partial charge in [-0.2, -0.15) is 0 Å². The second kappa shape index (κ2) is 6.85. The van der Waals surface area contributed by atoms with E-state index in [1.54, 1.807) is 17.4 Å². The maximum atomic E-state index is 12.0. The fraction of sp³-hybridized carbons (Fsp3) is 0.176. The number of hydrogen-bond acceptors (Lipinski definition) is 3. The Hall–Kier alpha value is -1.98. The molecule has 3 nitrogen and oxygen atoms in total. The summed E-state index contributed by atoms with van der Waals surface area (Å²) in [6, 6.07) is 12.1. The molecule has 0 saturated carbocycles. The molecule has 2 heterocycles. The molecule has 3 rings (SSSR count). The minimum Gasteiger partial charge on any atom is -0.318 e. The zero-order chi connectivity index (χ0) is 15.4. The van der Waals surface area contributed by atoms with Crippen molar-refractivity contribution in [3.05, 3.63) is 58.3 Å². The Kier molecular flexibility index (Phi) is 4.65. The highest BCUT2D eigenvalue weighted by Gasteiger charge is 2.20. The Bertz CT molecular complexity index is 707. The summed E-state index contributed by atoms with van der Waals surface area (Å²) in [5.41, 5.74) is 2.38. The number of carbonyl (C=O) groups is 1. The Labute approximate surface area is 139 Å². The number of fused-ring (bicyclic) bond motifs is 1. The van der Waals surface area contributed by atoms with Crippen molar-refractivity contribution in [3.8, 4) is 0 Å². The number of nitrogens with zero attached hydrogens (tertiary/aromatic N) is 1. The zero-order valence-electron chi connectivity index (χ0n) is 12.0. The highest BCUT2D eigenvalue weighted by atomic mass is 32.1. The molecule has 1 amide bonds. The van der Waals surface area contributed by atoms with Gasteiger partial charge in [0.05, 0.1) is 0 Å². The molecule has 0 atom stereocenters. The molecule has 0 bridgehead atoms. The predicted molar refractivity (Wildman–Crippen MR) is 96.2 cm³/mol. The molecular weight excluding hydrogens is 312 g/mol. The number of amides is 1. The summed E-state index contributed by atoms with van der Waals surface area (Å²) < 4.78 is 0. The normalized spacial score (nSPS) is 13.9. The van der Waals surface area contributed by atoms with Gasteiger partial charge in [-0.1, -0.05) is 24.3 Å². The van der Waals surface area contributed by atoms with Gasteiger partial charge in [0.15, 0.2) is 5.11 Å². The van der Waals surface area contributed by atoms with E-state index in [0.29, 0.717) is 5.11 Å². The molecule has 0 aliphatic carbocycles. The minimum absolute atomic E-state index is 0.193. The summed E-state index contributed by atoms with van der Waals surface area (Å²) >= 11 is 7.00. The van der Waals surface area contributed by atoms with E-state index in [9.17, 15) is 4.79 Å². The molecule has 22 heavy (non-hydrogen) atoms. The van der Waals surface area contributed by atoms with Gasteiger partial charge in [-0.15, -0.1) is 11.3 Å². The Morgan fingerprint density at radius 2 is 2.14 bits per heavy atom. The van der Waals surface area contributed by atoms with Crippen LogP contribution in [0.2, 0.25) is 0 Å². The second-order valence-electron chi connectivity index (χ2n) is 5.03. The van der Waals surface area contributed by atoms with Gasteiger partial charge >= 0.3 is 0 Å². The Morgan fingerprint density at radius 1 is 1.27 bits per heavy atom. The first-order chi connectivity index (χ1) is 10.7. The summed E-state index contributed by atoms with van der Waals surface area (Å²) in [4.78, 5) is 15.0. The van der Waals surface area contributed by atoms with Crippen molar-refractivity contribution < 1.29 is 4.79 Å². The summed E-state index contributed by atoms with van der Waals surface area (Å²) in [6.07, 6.45) is 5.42. The molecule has 1 aliphatic rings. The van der Waals surface area contributed by atoms with E-state index < -0.39 is 0 Å². The van der Waals surface area contributed by atoms with E-state index in [-0.39, 0.29) is 5.91 Å². The summed E-state index contributed by atoms with van der Waals surface area (Å²) in [6.45, 7) is 0.838. The number of thiocarbonyl (C=S) groups is 1. The van der Waals surface area contributed by atoms with Crippen molar-refractivity contribution >= 4 is 46.3 Å². The third-order valence-electron chi connectivity index (χ3n) is 3.53. The topological polar surface area (TPSA) is 32.3 Å². The number of rotatable bonds is 2. The average molecular weight is 328 g/mol. The molecule has 0 fully saturated rings. The molecule has 0 saturated heterocycles. The van der Waals surface area contributed by atoms with Crippen LogP contribution in [-0.4, -0.2) is 17.6 Å². The van der Waals surface area contributed by atoms with Crippen LogP contribution in [0.4, 0.5) is 5.69 Å². The molecule has 1 N–H and O–H groups in total. The quantitative estimate of drug-likeness (QED) is 0.675. The number of nitrogens with one attached hydrogen (secondary N) is 1. The maximum Gasteiger partial charge on any atom is 0.250 e. The fourth-order valence-electron chi connectivity index (χ4n) is 2.50. The third-order valence-corrected chi connectivity index (χ3v) is 4.69. The van der Waals surface area contributed by atoms with Gasteiger partial charge < -0.3 is 4.90 Å². The first kappa shape index (κ1) is 14.9. The van der Waals surface area contributed by atoms with Crippen molar-refractivity contribution in [1.82, 2.24) is 5.32 Å². The molecule has 0 spiro atoms. The van der Waals surface area contributed by atoms with E-state index >= 15 is 0 Å². The lowest BCUT2D eigenvalue weighted by molar-refractivity contribution is -0.115. The Balaban J connectivity index is 1.66. The van der Waals surface area contributed by atoms with Crippen LogP contribution in [0, 0.1) is 0 Å². The van der Waals surface area contributed by atoms with Crippen LogP contribution >= 0.6 is 23.6 Å². The summed E-state index contributed by atoms with van der Waals surface area (Å²) in [7, 11) is 0. The SMILES string of the molecule is O=C(/C=C/c1cccs1)NC(=S)N1CCCc2ccccc21. The van der Waals surface area contributed by atoms with Crippen LogP contribution in [0.1, 0.15) is 16.9 Å². The number of para-hydroxylation sites is 1. The van der Waals surface area contributed by atoms with Crippen molar-refractivity contribution in [2.45, 2.75) is 12.8 Å². The monoisotopic (exact) mass is 328 g/mol. The predicted octanol–water partition coefficient (Wildman–Crippen LogP) is 3.62. The number of anilines is 1. The number of hydrogen-bond donors (Lipinski definition) is 1. The lowest BCUT2D eigenvalue weighted by Gasteiger charge is -2.31. The van der Waals surface area contributed by atoms with Crippen molar-refractivity contribution in [2.24, 2.45) is 0 Å². The lowest BCUT2D eigenvalue weighted by Crippen LogP contribution is -2.44. The van der Waals surface area contributed by atoms with Crippen molar-refractivity contribution in [1.29, 1.82) is 0 Å². The first-order valence-corrected chi connectivity index (χ1v) is 8.45. The number of thiophene rings is 1. The second-order valence-corrected chi connectivity index (χ2v) is 6.39. The van der Waals surface area contributed by atoms with E-state index in [0.717, 1.165) is 30.0 Å². The molecule has 0 unspecified atom stereocenters. The molecular formula is C17H16N2OS2. The van der Waals surface area contributed by atoms with Gasteiger partial charge in [-0.05, 0) is 54.2 Å². The van der Waals surface area contributed by atoms with E-state index in [4.69, 9.17) is 12.2 Å². The van der Waals surface area contributed by atoms with Crippen LogP contribution in [0.3, 0.4) is 0 Å². The summed E-state index contributed by atoms with van der Waals surface area (Å²) in [5.74, 6) is -0.193. The molecule has 1 aliphatic heterocycles. The standard InChI is InChI=1S/C17H16N2OS2/c20-16(10-9-14-7-4-12-22-14)18-17(21)19-11-3-6-13-5-1-2-8-15(13)19/h1-2,4-5,7-10,12H,3,6,11H2,(H,18,20,21)/b10-9+. The smallest absolute Gasteiger partial charge is 0.250 e. The lowest BCUT2D eigenvalue weighted by atomic mass is 10.0. The molecule has 1 aromatic heterocycles. The van der Waals surface area contributed by atoms with E-state index in [1.807, 2.05) is 34.5 Å². The van der Waals surface area contributed by atoms with Gasteiger partial charge in [0.25, 0.3) is 0 Å². The fourth-order valence-corrected chi connectivity index (χ4v) is 3.41.